The number of anilines is 1. The van der Waals surface area contributed by atoms with Gasteiger partial charge in [-0.05, 0) is 24.3 Å². The summed E-state index contributed by atoms with van der Waals surface area (Å²) < 4.78 is 9.87. The van der Waals surface area contributed by atoms with Gasteiger partial charge in [-0.3, -0.25) is 9.59 Å². The van der Waals surface area contributed by atoms with Crippen LogP contribution in [0.4, 0.5) is 5.69 Å². The highest BCUT2D eigenvalue weighted by Crippen LogP contribution is 2.13. The molecule has 8 nitrogen and oxygen atoms in total. The first-order valence-corrected chi connectivity index (χ1v) is 8.50. The molecule has 9 heteroatoms. The lowest BCUT2D eigenvalue weighted by molar-refractivity contribution is -0.119. The monoisotopic (exact) mass is 377 g/mol. The van der Waals surface area contributed by atoms with Gasteiger partial charge in [0, 0.05) is 37.8 Å². The van der Waals surface area contributed by atoms with Crippen molar-refractivity contribution in [2.75, 3.05) is 33.1 Å². The summed E-state index contributed by atoms with van der Waals surface area (Å²) >= 11 is 1.28. The summed E-state index contributed by atoms with van der Waals surface area (Å²) in [5.41, 5.74) is 1.15. The zero-order valence-electron chi connectivity index (χ0n) is 14.6. The number of esters is 1. The number of thiazole rings is 1. The highest BCUT2D eigenvalue weighted by molar-refractivity contribution is 7.09. The molecule has 26 heavy (non-hydrogen) atoms. The van der Waals surface area contributed by atoms with Crippen LogP contribution in [-0.2, 0) is 20.9 Å². The van der Waals surface area contributed by atoms with Gasteiger partial charge in [0.05, 0.1) is 6.61 Å². The number of aromatic nitrogens is 1. The minimum absolute atomic E-state index is 0.132. The molecule has 0 aliphatic carbocycles. The SMILES string of the molecule is COCc1nc(C(=O)OCC(=O)Nc2ccc(C(=O)N(C)C)cc2)cs1. The minimum Gasteiger partial charge on any atom is -0.451 e. The first-order valence-electron chi connectivity index (χ1n) is 7.62. The van der Waals surface area contributed by atoms with Crippen molar-refractivity contribution < 1.29 is 23.9 Å². The van der Waals surface area contributed by atoms with Crippen molar-refractivity contribution in [3.8, 4) is 0 Å². The number of hydrogen-bond donors (Lipinski definition) is 1. The van der Waals surface area contributed by atoms with Crippen LogP contribution in [0.3, 0.4) is 0 Å². The van der Waals surface area contributed by atoms with Crippen LogP contribution in [0.2, 0.25) is 0 Å². The molecule has 1 N–H and O–H groups in total. The van der Waals surface area contributed by atoms with Crippen molar-refractivity contribution >= 4 is 34.8 Å². The van der Waals surface area contributed by atoms with Crippen LogP contribution < -0.4 is 5.32 Å². The summed E-state index contributed by atoms with van der Waals surface area (Å²) in [4.78, 5) is 41.1. The number of ether oxygens (including phenoxy) is 2. The van der Waals surface area contributed by atoms with Crippen LogP contribution >= 0.6 is 11.3 Å². The average Bonchev–Trinajstić information content (AvgIpc) is 3.09. The van der Waals surface area contributed by atoms with Gasteiger partial charge in [-0.2, -0.15) is 0 Å². The van der Waals surface area contributed by atoms with E-state index < -0.39 is 18.5 Å². The van der Waals surface area contributed by atoms with Gasteiger partial charge in [0.25, 0.3) is 11.8 Å². The third-order valence-corrected chi connectivity index (χ3v) is 4.01. The lowest BCUT2D eigenvalue weighted by atomic mass is 10.2. The number of carbonyl (C=O) groups excluding carboxylic acids is 3. The van der Waals surface area contributed by atoms with Gasteiger partial charge in [-0.25, -0.2) is 9.78 Å². The summed E-state index contributed by atoms with van der Waals surface area (Å²) in [6.45, 7) is -0.126. The maximum absolute atomic E-state index is 11.9. The molecule has 0 aliphatic rings. The quantitative estimate of drug-likeness (QED) is 0.739. The summed E-state index contributed by atoms with van der Waals surface area (Å²) in [6, 6.07) is 6.43. The molecule has 0 aliphatic heterocycles. The number of carbonyl (C=O) groups is 3. The Bertz CT molecular complexity index is 786. The number of hydrogen-bond acceptors (Lipinski definition) is 7. The normalized spacial score (nSPS) is 10.3. The van der Waals surface area contributed by atoms with Crippen LogP contribution in [0, 0.1) is 0 Å². The summed E-state index contributed by atoms with van der Waals surface area (Å²) in [5.74, 6) is -1.30. The molecule has 0 saturated heterocycles. The second kappa shape index (κ2) is 9.07. The number of rotatable bonds is 7. The highest BCUT2D eigenvalue weighted by atomic mass is 32.1. The maximum atomic E-state index is 11.9. The van der Waals surface area contributed by atoms with Gasteiger partial charge in [0.15, 0.2) is 12.3 Å². The molecule has 0 spiro atoms. The predicted molar refractivity (Wildman–Crippen MR) is 96.2 cm³/mol. The van der Waals surface area contributed by atoms with E-state index in [-0.39, 0.29) is 11.6 Å². The van der Waals surface area contributed by atoms with E-state index in [0.717, 1.165) is 0 Å². The van der Waals surface area contributed by atoms with Crippen molar-refractivity contribution in [1.29, 1.82) is 0 Å². The Hall–Kier alpha value is -2.78. The predicted octanol–water partition coefficient (Wildman–Crippen LogP) is 1.79. The minimum atomic E-state index is -0.675. The number of nitrogens with zero attached hydrogens (tertiary/aromatic N) is 2. The van der Waals surface area contributed by atoms with Gasteiger partial charge in [-0.15, -0.1) is 11.3 Å². The topological polar surface area (TPSA) is 97.8 Å². The van der Waals surface area contributed by atoms with Gasteiger partial charge in [-0.1, -0.05) is 0 Å². The van der Waals surface area contributed by atoms with Crippen molar-refractivity contribution in [1.82, 2.24) is 9.88 Å². The Morgan fingerprint density at radius 1 is 1.19 bits per heavy atom. The van der Waals surface area contributed by atoms with Crippen LogP contribution in [0.5, 0.6) is 0 Å². The fourth-order valence-electron chi connectivity index (χ4n) is 1.95. The molecule has 0 atom stereocenters. The van der Waals surface area contributed by atoms with Crippen LogP contribution in [0.25, 0.3) is 0 Å². The zero-order valence-corrected chi connectivity index (χ0v) is 15.5. The molecule has 0 fully saturated rings. The molecule has 1 heterocycles. The number of benzene rings is 1. The van der Waals surface area contributed by atoms with E-state index in [9.17, 15) is 14.4 Å². The molecule has 2 amide bonds. The molecular weight excluding hydrogens is 358 g/mol. The first kappa shape index (κ1) is 19.5. The molecule has 138 valence electrons. The molecule has 1 aromatic carbocycles. The van der Waals surface area contributed by atoms with Crippen molar-refractivity contribution in [3.05, 3.63) is 45.9 Å². The van der Waals surface area contributed by atoms with Crippen molar-refractivity contribution in [3.63, 3.8) is 0 Å². The van der Waals surface area contributed by atoms with Gasteiger partial charge < -0.3 is 19.7 Å². The number of nitrogens with one attached hydrogen (secondary N) is 1. The van der Waals surface area contributed by atoms with E-state index in [4.69, 9.17) is 9.47 Å². The molecule has 0 bridgehead atoms. The molecule has 0 saturated carbocycles. The fraction of sp³-hybridized carbons (Fsp3) is 0.294. The Kier molecular flexibility index (Phi) is 6.81. The van der Waals surface area contributed by atoms with Crippen LogP contribution in [0.1, 0.15) is 25.9 Å². The van der Waals surface area contributed by atoms with Gasteiger partial charge in [0.2, 0.25) is 0 Å². The van der Waals surface area contributed by atoms with Crippen molar-refractivity contribution in [2.45, 2.75) is 6.61 Å². The van der Waals surface area contributed by atoms with Crippen LogP contribution in [-0.4, -0.2) is 55.5 Å². The maximum Gasteiger partial charge on any atom is 0.358 e. The van der Waals surface area contributed by atoms with E-state index in [1.54, 1.807) is 43.7 Å². The molecule has 2 aromatic rings. The standard InChI is InChI=1S/C17H19N3O5S/c1-20(2)16(22)11-4-6-12(7-5-11)18-14(21)8-25-17(23)13-10-26-15(19-13)9-24-3/h4-7,10H,8-9H2,1-3H3,(H,18,21). The Morgan fingerprint density at radius 2 is 1.88 bits per heavy atom. The Balaban J connectivity index is 1.84. The van der Waals surface area contributed by atoms with E-state index >= 15 is 0 Å². The summed E-state index contributed by atoms with van der Waals surface area (Å²) in [5, 5.41) is 4.79. The molecule has 2 rings (SSSR count). The highest BCUT2D eigenvalue weighted by Gasteiger charge is 2.14. The smallest absolute Gasteiger partial charge is 0.358 e. The number of amides is 2. The molecule has 0 unspecified atom stereocenters. The van der Waals surface area contributed by atoms with Crippen LogP contribution in [0.15, 0.2) is 29.6 Å². The summed E-state index contributed by atoms with van der Waals surface area (Å²) in [6.07, 6.45) is 0. The second-order valence-corrected chi connectivity index (χ2v) is 6.40. The zero-order chi connectivity index (χ0) is 19.1. The van der Waals surface area contributed by atoms with E-state index in [1.165, 1.54) is 23.3 Å². The van der Waals surface area contributed by atoms with E-state index in [0.29, 0.717) is 22.9 Å². The molecule has 1 aromatic heterocycles. The number of methoxy groups -OCH3 is 1. The Labute approximate surface area is 154 Å². The van der Waals surface area contributed by atoms with Gasteiger partial charge >= 0.3 is 5.97 Å². The second-order valence-electron chi connectivity index (χ2n) is 5.46. The first-order chi connectivity index (χ1) is 12.4. The summed E-state index contributed by atoms with van der Waals surface area (Å²) in [7, 11) is 4.85. The molecule has 0 radical (unpaired) electrons. The lowest BCUT2D eigenvalue weighted by Crippen LogP contribution is -2.22. The third kappa shape index (κ3) is 5.36. The van der Waals surface area contributed by atoms with Crippen molar-refractivity contribution in [2.24, 2.45) is 0 Å². The largest absolute Gasteiger partial charge is 0.451 e. The fourth-order valence-corrected chi connectivity index (χ4v) is 2.68. The average molecular weight is 377 g/mol. The third-order valence-electron chi connectivity index (χ3n) is 3.18. The van der Waals surface area contributed by atoms with E-state index in [1.807, 2.05) is 0 Å². The molecular formula is C17H19N3O5S. The lowest BCUT2D eigenvalue weighted by Gasteiger charge is -2.11. The Morgan fingerprint density at radius 3 is 2.50 bits per heavy atom. The van der Waals surface area contributed by atoms with Gasteiger partial charge in [0.1, 0.15) is 5.01 Å². The van der Waals surface area contributed by atoms with E-state index in [2.05, 4.69) is 10.3 Å².